The van der Waals surface area contributed by atoms with Gasteiger partial charge in [-0.05, 0) is 5.56 Å². The van der Waals surface area contributed by atoms with E-state index >= 15 is 0 Å². The van der Waals surface area contributed by atoms with Gasteiger partial charge in [0.1, 0.15) is 6.33 Å². The summed E-state index contributed by atoms with van der Waals surface area (Å²) in [5.41, 5.74) is 0.669. The Kier molecular flexibility index (Phi) is 3.33. The van der Waals surface area contributed by atoms with Crippen LogP contribution in [0.15, 0.2) is 43.0 Å². The first kappa shape index (κ1) is 11.8. The number of imidazole rings is 1. The second-order valence-electron chi connectivity index (χ2n) is 3.56. The highest BCUT2D eigenvalue weighted by Gasteiger charge is 2.07. The van der Waals surface area contributed by atoms with Crippen LogP contribution in [0.25, 0.3) is 0 Å². The molecule has 0 bridgehead atoms. The number of amides is 1. The van der Waals surface area contributed by atoms with E-state index in [1.165, 1.54) is 35.4 Å². The second kappa shape index (κ2) is 5.09. The average molecular weight is 246 g/mol. The molecule has 0 aliphatic carbocycles. The lowest BCUT2D eigenvalue weighted by atomic mass is 10.2. The lowest BCUT2D eigenvalue weighted by Crippen LogP contribution is -2.26. The number of aromatic nitrogens is 2. The van der Waals surface area contributed by atoms with Crippen LogP contribution in [0.2, 0.25) is 0 Å². The van der Waals surface area contributed by atoms with Crippen molar-refractivity contribution < 1.29 is 9.72 Å². The zero-order valence-electron chi connectivity index (χ0n) is 9.31. The van der Waals surface area contributed by atoms with Crippen molar-refractivity contribution in [2.45, 2.75) is 6.54 Å². The van der Waals surface area contributed by atoms with Crippen molar-refractivity contribution in [3.8, 4) is 0 Å². The van der Waals surface area contributed by atoms with E-state index in [4.69, 9.17) is 0 Å². The molecular weight excluding hydrogens is 236 g/mol. The zero-order chi connectivity index (χ0) is 13.0. The van der Waals surface area contributed by atoms with Crippen molar-refractivity contribution in [1.29, 1.82) is 0 Å². The van der Waals surface area contributed by atoms with Crippen LogP contribution in [-0.4, -0.2) is 20.5 Å². The Morgan fingerprint density at radius 1 is 1.50 bits per heavy atom. The molecule has 0 unspecified atom stereocenters. The van der Waals surface area contributed by atoms with E-state index in [0.717, 1.165) is 0 Å². The van der Waals surface area contributed by atoms with Gasteiger partial charge in [0.05, 0.1) is 4.92 Å². The summed E-state index contributed by atoms with van der Waals surface area (Å²) in [6.45, 7) is 0.221. The number of nitrogens with one attached hydrogen (secondary N) is 1. The predicted molar refractivity (Wildman–Crippen MR) is 63.0 cm³/mol. The van der Waals surface area contributed by atoms with Gasteiger partial charge >= 0.3 is 6.03 Å². The molecule has 2 aromatic rings. The number of nitro groups is 1. The minimum absolute atomic E-state index is 0.00406. The molecule has 0 spiro atoms. The van der Waals surface area contributed by atoms with E-state index in [2.05, 4.69) is 10.3 Å². The number of carbonyl (C=O) groups excluding carboxylic acids is 1. The number of nitrogens with zero attached hydrogens (tertiary/aromatic N) is 3. The van der Waals surface area contributed by atoms with E-state index in [1.807, 2.05) is 0 Å². The molecule has 1 aromatic heterocycles. The van der Waals surface area contributed by atoms with Gasteiger partial charge in [-0.15, -0.1) is 0 Å². The van der Waals surface area contributed by atoms with Gasteiger partial charge in [0.2, 0.25) is 0 Å². The minimum Gasteiger partial charge on any atom is -0.333 e. The Bertz CT molecular complexity index is 565. The summed E-state index contributed by atoms with van der Waals surface area (Å²) in [6, 6.07) is 5.78. The molecule has 7 nitrogen and oxygen atoms in total. The lowest BCUT2D eigenvalue weighted by molar-refractivity contribution is -0.384. The van der Waals surface area contributed by atoms with Crippen LogP contribution in [0.5, 0.6) is 0 Å². The van der Waals surface area contributed by atoms with E-state index in [9.17, 15) is 14.9 Å². The Labute approximate surface area is 102 Å². The molecule has 0 fully saturated rings. The van der Waals surface area contributed by atoms with E-state index < -0.39 is 4.92 Å². The number of rotatable bonds is 3. The second-order valence-corrected chi connectivity index (χ2v) is 3.56. The molecular formula is C11H10N4O3. The quantitative estimate of drug-likeness (QED) is 0.657. The van der Waals surface area contributed by atoms with Gasteiger partial charge in [-0.1, -0.05) is 12.1 Å². The molecule has 0 atom stereocenters. The molecule has 1 N–H and O–H groups in total. The highest BCUT2D eigenvalue weighted by atomic mass is 16.6. The summed E-state index contributed by atoms with van der Waals surface area (Å²) < 4.78 is 1.29. The lowest BCUT2D eigenvalue weighted by Gasteiger charge is -2.05. The van der Waals surface area contributed by atoms with Crippen LogP contribution in [0.4, 0.5) is 10.5 Å². The summed E-state index contributed by atoms with van der Waals surface area (Å²) in [5, 5.41) is 13.2. The largest absolute Gasteiger partial charge is 0.333 e. The molecule has 0 saturated heterocycles. The fourth-order valence-electron chi connectivity index (χ4n) is 1.43. The summed E-state index contributed by atoms with van der Waals surface area (Å²) >= 11 is 0. The predicted octanol–water partition coefficient (Wildman–Crippen LogP) is 1.55. The van der Waals surface area contributed by atoms with Gasteiger partial charge in [0.15, 0.2) is 0 Å². The van der Waals surface area contributed by atoms with Crippen molar-refractivity contribution in [1.82, 2.24) is 14.9 Å². The number of nitro benzene ring substituents is 1. The number of carbonyl (C=O) groups is 1. The minimum atomic E-state index is -0.471. The van der Waals surface area contributed by atoms with Crippen LogP contribution in [0.1, 0.15) is 5.56 Å². The molecule has 2 rings (SSSR count). The molecule has 92 valence electrons. The van der Waals surface area contributed by atoms with E-state index in [1.54, 1.807) is 12.1 Å². The number of hydrogen-bond acceptors (Lipinski definition) is 4. The van der Waals surface area contributed by atoms with Crippen LogP contribution in [0.3, 0.4) is 0 Å². The molecule has 18 heavy (non-hydrogen) atoms. The van der Waals surface area contributed by atoms with E-state index in [-0.39, 0.29) is 18.3 Å². The molecule has 0 aliphatic rings. The average Bonchev–Trinajstić information content (AvgIpc) is 2.90. The summed E-state index contributed by atoms with van der Waals surface area (Å²) in [5.74, 6) is 0. The molecule has 7 heteroatoms. The van der Waals surface area contributed by atoms with Gasteiger partial charge in [0, 0.05) is 31.1 Å². The molecule has 1 aromatic carbocycles. The Morgan fingerprint density at radius 3 is 3.00 bits per heavy atom. The van der Waals surface area contributed by atoms with Crippen LogP contribution in [0, 0.1) is 10.1 Å². The Balaban J connectivity index is 2.00. The first-order chi connectivity index (χ1) is 8.66. The molecule has 0 saturated carbocycles. The maximum Gasteiger partial charge on any atom is 0.327 e. The molecule has 0 aliphatic heterocycles. The first-order valence-corrected chi connectivity index (χ1v) is 5.16. The van der Waals surface area contributed by atoms with Crippen LogP contribution in [-0.2, 0) is 6.54 Å². The van der Waals surface area contributed by atoms with Crippen molar-refractivity contribution in [2.75, 3.05) is 0 Å². The standard InChI is InChI=1S/C11H10N4O3/c16-11(14-5-4-12-8-14)13-7-9-2-1-3-10(6-9)15(17)18/h1-6,8H,7H2,(H,13,16). The topological polar surface area (TPSA) is 90.1 Å². The van der Waals surface area contributed by atoms with Crippen molar-refractivity contribution >= 4 is 11.7 Å². The third-order valence-electron chi connectivity index (χ3n) is 2.30. The maximum atomic E-state index is 11.6. The van der Waals surface area contributed by atoms with Crippen LogP contribution >= 0.6 is 0 Å². The summed E-state index contributed by atoms with van der Waals surface area (Å²) in [7, 11) is 0. The number of non-ortho nitro benzene ring substituents is 1. The van der Waals surface area contributed by atoms with Gasteiger partial charge in [-0.2, -0.15) is 0 Å². The fourth-order valence-corrected chi connectivity index (χ4v) is 1.43. The Morgan fingerprint density at radius 2 is 2.33 bits per heavy atom. The van der Waals surface area contributed by atoms with Gasteiger partial charge in [-0.3, -0.25) is 14.7 Å². The highest BCUT2D eigenvalue weighted by molar-refractivity contribution is 5.76. The molecule has 0 radical (unpaired) electrons. The normalized spacial score (nSPS) is 10.0. The summed E-state index contributed by atoms with van der Waals surface area (Å²) in [4.78, 5) is 25.4. The van der Waals surface area contributed by atoms with E-state index in [0.29, 0.717) is 5.56 Å². The van der Waals surface area contributed by atoms with Gasteiger partial charge in [-0.25, -0.2) is 9.78 Å². The molecule has 1 heterocycles. The zero-order valence-corrected chi connectivity index (χ0v) is 9.31. The monoisotopic (exact) mass is 246 g/mol. The third kappa shape index (κ3) is 2.70. The maximum absolute atomic E-state index is 11.6. The summed E-state index contributed by atoms with van der Waals surface area (Å²) in [6.07, 6.45) is 4.39. The van der Waals surface area contributed by atoms with Crippen molar-refractivity contribution in [2.24, 2.45) is 0 Å². The van der Waals surface area contributed by atoms with Gasteiger partial charge in [0.25, 0.3) is 5.69 Å². The van der Waals surface area contributed by atoms with Crippen molar-refractivity contribution in [3.63, 3.8) is 0 Å². The third-order valence-corrected chi connectivity index (χ3v) is 2.30. The van der Waals surface area contributed by atoms with Crippen molar-refractivity contribution in [3.05, 3.63) is 58.7 Å². The first-order valence-electron chi connectivity index (χ1n) is 5.16. The smallest absolute Gasteiger partial charge is 0.327 e. The van der Waals surface area contributed by atoms with Crippen LogP contribution < -0.4 is 5.32 Å². The highest BCUT2D eigenvalue weighted by Crippen LogP contribution is 2.12. The number of benzene rings is 1. The van der Waals surface area contributed by atoms with Gasteiger partial charge < -0.3 is 5.32 Å². The SMILES string of the molecule is O=C(NCc1cccc([N+](=O)[O-])c1)n1ccnc1. The fraction of sp³-hybridized carbons (Fsp3) is 0.0909. The number of hydrogen-bond donors (Lipinski definition) is 1. The Hall–Kier alpha value is -2.70. The molecule has 1 amide bonds.